The largest absolute Gasteiger partial charge is 0.327 e. The van der Waals surface area contributed by atoms with Crippen molar-refractivity contribution in [3.8, 4) is 11.1 Å². The molecule has 0 bridgehead atoms. The monoisotopic (exact) mass is 852 g/mol. The molecule has 0 N–H and O–H groups in total. The van der Waals surface area contributed by atoms with Gasteiger partial charge in [-0.15, -0.1) is 0 Å². The predicted molar refractivity (Wildman–Crippen MR) is 288 cm³/mol. The van der Waals surface area contributed by atoms with E-state index in [0.29, 0.717) is 0 Å². The molecule has 3 nitrogen and oxygen atoms in total. The zero-order chi connectivity index (χ0) is 48.0. The van der Waals surface area contributed by atoms with E-state index in [1.807, 2.05) is 83.1 Å². The van der Waals surface area contributed by atoms with Crippen LogP contribution in [-0.2, 0) is 12.1 Å². The topological polar surface area (TPSA) is 11.4 Å². The first-order valence-electron chi connectivity index (χ1n) is 24.5. The van der Waals surface area contributed by atoms with Crippen LogP contribution in [0.4, 0.5) is 0 Å². The first kappa shape index (κ1) is 58.0. The second kappa shape index (κ2) is 32.7. The molecule has 1 heterocycles. The highest BCUT2D eigenvalue weighted by Gasteiger charge is 2.47. The molecule has 0 atom stereocenters. The van der Waals surface area contributed by atoms with Crippen LogP contribution in [0.5, 0.6) is 0 Å². The van der Waals surface area contributed by atoms with Gasteiger partial charge in [-0.2, -0.15) is 0 Å². The molecule has 6 aromatic carbocycles. The lowest BCUT2D eigenvalue weighted by Crippen LogP contribution is -2.30. The van der Waals surface area contributed by atoms with Gasteiger partial charge in [0.1, 0.15) is 0 Å². The highest BCUT2D eigenvalue weighted by Crippen LogP contribution is 2.57. The summed E-state index contributed by atoms with van der Waals surface area (Å²) in [6, 6.07) is 52.9. The summed E-state index contributed by atoms with van der Waals surface area (Å²) >= 11 is 0. The molecule has 0 spiro atoms. The van der Waals surface area contributed by atoms with Crippen molar-refractivity contribution >= 4 is 21.8 Å². The number of rotatable bonds is 7. The van der Waals surface area contributed by atoms with Gasteiger partial charge >= 0.3 is 0 Å². The maximum Gasteiger partial charge on any atom is 0.0756 e. The van der Waals surface area contributed by atoms with E-state index in [4.69, 9.17) is 0 Å². The van der Waals surface area contributed by atoms with Gasteiger partial charge in [-0.3, -0.25) is 4.90 Å². The van der Waals surface area contributed by atoms with E-state index in [1.54, 1.807) is 0 Å². The summed E-state index contributed by atoms with van der Waals surface area (Å²) in [5.41, 5.74) is 13.2. The second-order valence-corrected chi connectivity index (χ2v) is 13.8. The van der Waals surface area contributed by atoms with Crippen LogP contribution in [0.3, 0.4) is 0 Å². The number of aryl methyl sites for hydroxylation is 2. The summed E-state index contributed by atoms with van der Waals surface area (Å²) in [4.78, 5) is 4.57. The van der Waals surface area contributed by atoms with Crippen molar-refractivity contribution in [2.24, 2.45) is 0 Å². The van der Waals surface area contributed by atoms with Crippen molar-refractivity contribution in [3.63, 3.8) is 0 Å². The number of para-hydroxylation sites is 2. The minimum atomic E-state index is -0.274. The molecule has 0 saturated heterocycles. The minimum absolute atomic E-state index is 0.274. The van der Waals surface area contributed by atoms with Gasteiger partial charge in [0.05, 0.1) is 23.1 Å². The Morgan fingerprint density at radius 2 is 0.667 bits per heavy atom. The maximum atomic E-state index is 2.44. The third-order valence-corrected chi connectivity index (χ3v) is 10.6. The molecule has 0 saturated carbocycles. The average molecular weight is 852 g/mol. The van der Waals surface area contributed by atoms with Crippen LogP contribution in [0.15, 0.2) is 146 Å². The van der Waals surface area contributed by atoms with Gasteiger partial charge in [0.15, 0.2) is 0 Å². The molecule has 344 valence electrons. The standard InChI is InChI=1S/C27H22.C17H20N2.C4H11N.6C2H6/c1-19-11-3-7-15-23(19)27(24-16-8-4-12-20(24)2)25-17-9-5-13-21(25)22-14-6-10-18-26(22)27;1-3-18(4-2)13-19-16-11-7-5-9-14(16)15-10-6-8-12-17(15)19;1-4-5(2)3;6*1-2/h3-18H,1-2H3;5-12H,3-4,13H2,1-2H3;4H2,1-3H3;6*1-2H3. The first-order valence-corrected chi connectivity index (χ1v) is 24.5. The van der Waals surface area contributed by atoms with Crippen molar-refractivity contribution < 1.29 is 0 Å². The van der Waals surface area contributed by atoms with E-state index in [0.717, 1.165) is 26.3 Å². The van der Waals surface area contributed by atoms with Crippen LogP contribution in [0.2, 0.25) is 0 Å². The molecule has 0 radical (unpaired) electrons. The highest BCUT2D eigenvalue weighted by molar-refractivity contribution is 6.07. The number of nitrogens with zero attached hydrogens (tertiary/aromatic N) is 3. The lowest BCUT2D eigenvalue weighted by Gasteiger charge is -2.36. The van der Waals surface area contributed by atoms with E-state index in [9.17, 15) is 0 Å². The van der Waals surface area contributed by atoms with Gasteiger partial charge in [-0.05, 0) is 104 Å². The number of hydrogen-bond acceptors (Lipinski definition) is 2. The molecule has 0 aliphatic heterocycles. The van der Waals surface area contributed by atoms with E-state index in [2.05, 4.69) is 209 Å². The molecular weight excluding hydrogens is 763 g/mol. The van der Waals surface area contributed by atoms with Gasteiger partial charge in [0.25, 0.3) is 0 Å². The Balaban J connectivity index is 0.000000934. The van der Waals surface area contributed by atoms with Crippen LogP contribution in [0, 0.1) is 13.8 Å². The molecule has 1 aromatic heterocycles. The van der Waals surface area contributed by atoms with Crippen molar-refractivity contribution in [2.45, 2.75) is 130 Å². The molecule has 1 aliphatic rings. The Hall–Kier alpha value is -4.96. The molecule has 7 aromatic rings. The SMILES string of the molecule is CC.CC.CC.CC.CC.CC.CCN(C)C.CCN(CC)Cn1c2ccccc2c2ccccc21.Cc1ccccc1C1(c2ccccc2C)c2ccccc2-c2ccccc21. The fraction of sp³-hybridized carbons (Fsp3) is 0.400. The van der Waals surface area contributed by atoms with Crippen LogP contribution in [0.1, 0.15) is 137 Å². The van der Waals surface area contributed by atoms with E-state index in [-0.39, 0.29) is 5.41 Å². The van der Waals surface area contributed by atoms with Gasteiger partial charge in [-0.1, -0.05) is 237 Å². The second-order valence-electron chi connectivity index (χ2n) is 13.8. The van der Waals surface area contributed by atoms with Gasteiger partial charge in [-0.25, -0.2) is 0 Å². The van der Waals surface area contributed by atoms with E-state index < -0.39 is 0 Å². The Morgan fingerprint density at radius 3 is 0.984 bits per heavy atom. The highest BCUT2D eigenvalue weighted by atomic mass is 15.2. The Labute approximate surface area is 388 Å². The number of fused-ring (bicyclic) bond motifs is 6. The van der Waals surface area contributed by atoms with E-state index in [1.165, 1.54) is 66.3 Å². The smallest absolute Gasteiger partial charge is 0.0756 e. The quantitative estimate of drug-likeness (QED) is 0.158. The Bertz CT molecular complexity index is 2070. The fourth-order valence-electron chi connectivity index (χ4n) is 7.73. The van der Waals surface area contributed by atoms with Gasteiger partial charge in [0, 0.05) is 10.8 Å². The molecule has 3 heteroatoms. The van der Waals surface area contributed by atoms with Crippen LogP contribution in [-0.4, -0.2) is 48.1 Å². The molecule has 0 amide bonds. The summed E-state index contributed by atoms with van der Waals surface area (Å²) in [5, 5.41) is 2.70. The molecule has 8 rings (SSSR count). The first-order chi connectivity index (χ1) is 30.9. The maximum absolute atomic E-state index is 2.44. The van der Waals surface area contributed by atoms with Crippen LogP contribution < -0.4 is 0 Å². The van der Waals surface area contributed by atoms with E-state index >= 15 is 0 Å². The molecular formula is C60H89N3. The third-order valence-electron chi connectivity index (χ3n) is 10.6. The average Bonchev–Trinajstić information content (AvgIpc) is 3.85. The summed E-state index contributed by atoms with van der Waals surface area (Å²) in [7, 11) is 4.11. The van der Waals surface area contributed by atoms with Crippen LogP contribution in [0.25, 0.3) is 32.9 Å². The minimum Gasteiger partial charge on any atom is -0.327 e. The number of hydrogen-bond donors (Lipinski definition) is 0. The van der Waals surface area contributed by atoms with Crippen molar-refractivity contribution in [2.75, 3.05) is 33.7 Å². The van der Waals surface area contributed by atoms with Crippen molar-refractivity contribution in [1.29, 1.82) is 0 Å². The number of aromatic nitrogens is 1. The summed E-state index contributed by atoms with van der Waals surface area (Å²) in [6.07, 6.45) is 0. The lowest BCUT2D eigenvalue weighted by atomic mass is 9.65. The molecule has 1 aliphatic carbocycles. The van der Waals surface area contributed by atoms with Crippen molar-refractivity contribution in [3.05, 3.63) is 179 Å². The molecule has 0 fully saturated rings. The zero-order valence-electron chi connectivity index (χ0n) is 43.5. The predicted octanol–water partition coefficient (Wildman–Crippen LogP) is 17.5. The molecule has 63 heavy (non-hydrogen) atoms. The summed E-state index contributed by atoms with van der Waals surface area (Å²) in [5.74, 6) is 0. The lowest BCUT2D eigenvalue weighted by molar-refractivity contribution is 0.249. The zero-order valence-corrected chi connectivity index (χ0v) is 43.5. The van der Waals surface area contributed by atoms with Gasteiger partial charge in [0.2, 0.25) is 0 Å². The molecule has 0 unspecified atom stereocenters. The Morgan fingerprint density at radius 1 is 0.381 bits per heavy atom. The van der Waals surface area contributed by atoms with Gasteiger partial charge < -0.3 is 9.47 Å². The number of benzene rings is 6. The summed E-state index contributed by atoms with van der Waals surface area (Å²) < 4.78 is 2.43. The van der Waals surface area contributed by atoms with Crippen LogP contribution >= 0.6 is 0 Å². The summed E-state index contributed by atoms with van der Waals surface area (Å²) in [6.45, 7) is 39.3. The Kier molecular flexibility index (Phi) is 30.1. The van der Waals surface area contributed by atoms with Crippen molar-refractivity contribution in [1.82, 2.24) is 14.4 Å². The third kappa shape index (κ3) is 14.0. The normalized spacial score (nSPS) is 10.8. The fourth-order valence-corrected chi connectivity index (χ4v) is 7.73.